The van der Waals surface area contributed by atoms with Crippen molar-refractivity contribution in [1.82, 2.24) is 10.6 Å². The maximum absolute atomic E-state index is 11.7. The summed E-state index contributed by atoms with van der Waals surface area (Å²) in [7, 11) is 0. The highest BCUT2D eigenvalue weighted by Gasteiger charge is 2.21. The third-order valence-corrected chi connectivity index (χ3v) is 3.27. The topological polar surface area (TPSA) is 50.4 Å². The highest BCUT2D eigenvalue weighted by molar-refractivity contribution is 5.78. The standard InChI is InChI=1S/C16H24N2O2/c1-16(2,3)18-15(19)11-17-10-12-8-9-20-14-7-5-4-6-13(12)14/h4-7,12,17H,8-11H2,1-3H3,(H,18,19). The minimum Gasteiger partial charge on any atom is -0.493 e. The molecule has 1 aliphatic rings. The van der Waals surface area contributed by atoms with Gasteiger partial charge >= 0.3 is 0 Å². The SMILES string of the molecule is CC(C)(C)NC(=O)CNCC1CCOc2ccccc21. The van der Waals surface area contributed by atoms with E-state index in [0.717, 1.165) is 25.3 Å². The number of carbonyl (C=O) groups is 1. The fourth-order valence-electron chi connectivity index (χ4n) is 2.45. The smallest absolute Gasteiger partial charge is 0.234 e. The monoisotopic (exact) mass is 276 g/mol. The quantitative estimate of drug-likeness (QED) is 0.885. The number of carbonyl (C=O) groups excluding carboxylic acids is 1. The molecule has 0 spiro atoms. The van der Waals surface area contributed by atoms with Crippen LogP contribution in [0.1, 0.15) is 38.7 Å². The summed E-state index contributed by atoms with van der Waals surface area (Å²) in [6.07, 6.45) is 0.991. The van der Waals surface area contributed by atoms with Crippen molar-refractivity contribution in [2.75, 3.05) is 19.7 Å². The Kier molecular flexibility index (Phi) is 4.65. The summed E-state index contributed by atoms with van der Waals surface area (Å²) in [6.45, 7) is 7.87. The largest absolute Gasteiger partial charge is 0.493 e. The van der Waals surface area contributed by atoms with Crippen molar-refractivity contribution < 1.29 is 9.53 Å². The van der Waals surface area contributed by atoms with Gasteiger partial charge in [0.05, 0.1) is 13.2 Å². The minimum absolute atomic E-state index is 0.0397. The number of amides is 1. The van der Waals surface area contributed by atoms with Crippen LogP contribution < -0.4 is 15.4 Å². The molecule has 1 heterocycles. The Morgan fingerprint density at radius 3 is 2.85 bits per heavy atom. The van der Waals surface area contributed by atoms with Crippen molar-refractivity contribution in [3.05, 3.63) is 29.8 Å². The highest BCUT2D eigenvalue weighted by atomic mass is 16.5. The van der Waals surface area contributed by atoms with Crippen LogP contribution in [0.25, 0.3) is 0 Å². The van der Waals surface area contributed by atoms with Crippen LogP contribution in [0.4, 0.5) is 0 Å². The summed E-state index contributed by atoms with van der Waals surface area (Å²) in [6, 6.07) is 8.14. The van der Waals surface area contributed by atoms with Crippen LogP contribution in [0, 0.1) is 0 Å². The molecule has 0 fully saturated rings. The van der Waals surface area contributed by atoms with Gasteiger partial charge in [-0.1, -0.05) is 18.2 Å². The van der Waals surface area contributed by atoms with E-state index in [0.29, 0.717) is 12.5 Å². The Balaban J connectivity index is 1.82. The van der Waals surface area contributed by atoms with Crippen LogP contribution in [0.3, 0.4) is 0 Å². The average molecular weight is 276 g/mol. The number of nitrogens with one attached hydrogen (secondary N) is 2. The molecule has 0 bridgehead atoms. The summed E-state index contributed by atoms with van der Waals surface area (Å²) in [4.78, 5) is 11.7. The highest BCUT2D eigenvalue weighted by Crippen LogP contribution is 2.32. The number of benzene rings is 1. The molecule has 1 aromatic carbocycles. The van der Waals surface area contributed by atoms with E-state index in [4.69, 9.17) is 4.74 Å². The molecule has 110 valence electrons. The Morgan fingerprint density at radius 1 is 1.35 bits per heavy atom. The maximum Gasteiger partial charge on any atom is 0.234 e. The average Bonchev–Trinajstić information content (AvgIpc) is 2.37. The minimum atomic E-state index is -0.177. The molecule has 0 aromatic heterocycles. The molecule has 4 nitrogen and oxygen atoms in total. The molecule has 0 aliphatic carbocycles. The zero-order valence-electron chi connectivity index (χ0n) is 12.5. The van der Waals surface area contributed by atoms with Gasteiger partial charge in [0.1, 0.15) is 5.75 Å². The number of fused-ring (bicyclic) bond motifs is 1. The van der Waals surface area contributed by atoms with Crippen molar-refractivity contribution >= 4 is 5.91 Å². The fraction of sp³-hybridized carbons (Fsp3) is 0.562. The molecule has 1 amide bonds. The van der Waals surface area contributed by atoms with Crippen LogP contribution >= 0.6 is 0 Å². The lowest BCUT2D eigenvalue weighted by Crippen LogP contribution is -2.45. The number of para-hydroxylation sites is 1. The molecule has 1 atom stereocenters. The van der Waals surface area contributed by atoms with Crippen molar-refractivity contribution in [3.63, 3.8) is 0 Å². The predicted molar refractivity (Wildman–Crippen MR) is 80.1 cm³/mol. The normalized spacial score (nSPS) is 18.1. The summed E-state index contributed by atoms with van der Waals surface area (Å²) in [5, 5.41) is 6.20. The number of hydrogen-bond donors (Lipinski definition) is 2. The van der Waals surface area contributed by atoms with Crippen molar-refractivity contribution in [2.45, 2.75) is 38.6 Å². The van der Waals surface area contributed by atoms with Gasteiger partial charge in [0, 0.05) is 18.0 Å². The Bertz CT molecular complexity index is 466. The lowest BCUT2D eigenvalue weighted by molar-refractivity contribution is -0.121. The van der Waals surface area contributed by atoms with E-state index in [9.17, 15) is 4.79 Å². The second-order valence-corrected chi connectivity index (χ2v) is 6.30. The molecule has 0 saturated heterocycles. The molecule has 0 radical (unpaired) electrons. The third kappa shape index (κ3) is 4.23. The third-order valence-electron chi connectivity index (χ3n) is 3.27. The number of hydrogen-bond acceptors (Lipinski definition) is 3. The molecule has 1 unspecified atom stereocenters. The first kappa shape index (κ1) is 14.9. The van der Waals surface area contributed by atoms with E-state index < -0.39 is 0 Å². The zero-order valence-corrected chi connectivity index (χ0v) is 12.5. The maximum atomic E-state index is 11.7. The van der Waals surface area contributed by atoms with Gasteiger partial charge in [-0.25, -0.2) is 0 Å². The van der Waals surface area contributed by atoms with Gasteiger partial charge in [0.15, 0.2) is 0 Å². The molecular weight excluding hydrogens is 252 g/mol. The second-order valence-electron chi connectivity index (χ2n) is 6.30. The second kappa shape index (κ2) is 6.27. The van der Waals surface area contributed by atoms with Crippen LogP contribution in [-0.2, 0) is 4.79 Å². The summed E-state index contributed by atoms with van der Waals surface area (Å²) >= 11 is 0. The molecule has 2 N–H and O–H groups in total. The summed E-state index contributed by atoms with van der Waals surface area (Å²) < 4.78 is 5.64. The lowest BCUT2D eigenvalue weighted by atomic mass is 9.93. The molecule has 20 heavy (non-hydrogen) atoms. The fourth-order valence-corrected chi connectivity index (χ4v) is 2.45. The van der Waals surface area contributed by atoms with E-state index in [1.807, 2.05) is 39.0 Å². The van der Waals surface area contributed by atoms with E-state index in [2.05, 4.69) is 16.7 Å². The van der Waals surface area contributed by atoms with Crippen molar-refractivity contribution in [2.24, 2.45) is 0 Å². The van der Waals surface area contributed by atoms with Gasteiger partial charge in [-0.05, 0) is 38.8 Å². The van der Waals surface area contributed by atoms with E-state index >= 15 is 0 Å². The van der Waals surface area contributed by atoms with Gasteiger partial charge in [0.25, 0.3) is 0 Å². The van der Waals surface area contributed by atoms with Gasteiger partial charge in [-0.2, -0.15) is 0 Å². The predicted octanol–water partition coefficient (Wildman–Crippen LogP) is 2.06. The Labute approximate surface area is 120 Å². The first-order valence-corrected chi connectivity index (χ1v) is 7.19. The summed E-state index contributed by atoms with van der Waals surface area (Å²) in [5.74, 6) is 1.44. The first-order chi connectivity index (χ1) is 9.46. The van der Waals surface area contributed by atoms with Gasteiger partial charge in [0.2, 0.25) is 5.91 Å². The number of rotatable bonds is 4. The Morgan fingerprint density at radius 2 is 2.10 bits per heavy atom. The summed E-state index contributed by atoms with van der Waals surface area (Å²) in [5.41, 5.74) is 1.06. The molecule has 1 aliphatic heterocycles. The van der Waals surface area contributed by atoms with Crippen LogP contribution in [0.5, 0.6) is 5.75 Å². The van der Waals surface area contributed by atoms with Gasteiger partial charge < -0.3 is 15.4 Å². The molecule has 1 aromatic rings. The molecule has 2 rings (SSSR count). The van der Waals surface area contributed by atoms with Crippen molar-refractivity contribution in [3.8, 4) is 5.75 Å². The van der Waals surface area contributed by atoms with Gasteiger partial charge in [-0.15, -0.1) is 0 Å². The van der Waals surface area contributed by atoms with E-state index in [1.54, 1.807) is 0 Å². The van der Waals surface area contributed by atoms with Gasteiger partial charge in [-0.3, -0.25) is 4.79 Å². The van der Waals surface area contributed by atoms with E-state index in [1.165, 1.54) is 5.56 Å². The Hall–Kier alpha value is -1.55. The molecule has 4 heteroatoms. The lowest BCUT2D eigenvalue weighted by Gasteiger charge is -2.26. The van der Waals surface area contributed by atoms with Crippen molar-refractivity contribution in [1.29, 1.82) is 0 Å². The van der Waals surface area contributed by atoms with Crippen LogP contribution in [-0.4, -0.2) is 31.1 Å². The first-order valence-electron chi connectivity index (χ1n) is 7.19. The van der Waals surface area contributed by atoms with Crippen LogP contribution in [0.2, 0.25) is 0 Å². The molecule has 0 saturated carbocycles. The van der Waals surface area contributed by atoms with Crippen LogP contribution in [0.15, 0.2) is 24.3 Å². The van der Waals surface area contributed by atoms with E-state index in [-0.39, 0.29) is 11.4 Å². The zero-order chi connectivity index (χ0) is 14.6. The molecular formula is C16H24N2O2. The number of ether oxygens (including phenoxy) is 1.